The predicted molar refractivity (Wildman–Crippen MR) is 138 cm³/mol. The van der Waals surface area contributed by atoms with Gasteiger partial charge in [0.1, 0.15) is 12.4 Å². The van der Waals surface area contributed by atoms with Crippen LogP contribution in [0.3, 0.4) is 0 Å². The molecule has 33 heavy (non-hydrogen) atoms. The molecule has 182 valence electrons. The molecule has 0 saturated heterocycles. The van der Waals surface area contributed by atoms with Gasteiger partial charge in [0.15, 0.2) is 9.84 Å². The van der Waals surface area contributed by atoms with Gasteiger partial charge >= 0.3 is 0 Å². The normalized spacial score (nSPS) is 12.5. The molecule has 2 rings (SSSR count). The summed E-state index contributed by atoms with van der Waals surface area (Å²) < 4.78 is 40.1. The molecule has 0 amide bonds. The van der Waals surface area contributed by atoms with Crippen molar-refractivity contribution in [2.24, 2.45) is 5.16 Å². The molecule has 0 aliphatic rings. The van der Waals surface area contributed by atoms with Crippen molar-refractivity contribution in [3.8, 4) is 5.75 Å². The Balaban J connectivity index is 0.000000335. The van der Waals surface area contributed by atoms with E-state index >= 15 is 0 Å². The van der Waals surface area contributed by atoms with Gasteiger partial charge in [0.25, 0.3) is 5.60 Å². The van der Waals surface area contributed by atoms with Crippen molar-refractivity contribution in [1.82, 2.24) is 0 Å². The summed E-state index contributed by atoms with van der Waals surface area (Å²) in [6.45, 7) is 9.84. The largest absolute Gasteiger partial charge is 0.455 e. The van der Waals surface area contributed by atoms with Crippen LogP contribution in [0, 0.1) is 0 Å². The Hall–Kier alpha value is -2.24. The van der Waals surface area contributed by atoms with Gasteiger partial charge in [0.05, 0.1) is 10.6 Å². The molecule has 0 aromatic heterocycles. The third kappa shape index (κ3) is 12.5. The van der Waals surface area contributed by atoms with Gasteiger partial charge in [-0.1, -0.05) is 78.0 Å². The molecule has 0 bridgehead atoms. The van der Waals surface area contributed by atoms with Crippen molar-refractivity contribution < 1.29 is 22.4 Å². The molecule has 2 aromatic rings. The van der Waals surface area contributed by atoms with Crippen molar-refractivity contribution in [3.05, 3.63) is 66.2 Å². The van der Waals surface area contributed by atoms with Gasteiger partial charge in [0, 0.05) is 13.2 Å². The van der Waals surface area contributed by atoms with Gasteiger partial charge in [-0.25, -0.2) is 8.42 Å². The number of ether oxygens (including phenoxy) is 1. The zero-order valence-electron chi connectivity index (χ0n) is 19.9. The van der Waals surface area contributed by atoms with E-state index in [2.05, 4.69) is 25.6 Å². The van der Waals surface area contributed by atoms with Crippen LogP contribution in [0.4, 0.5) is 4.39 Å². The van der Waals surface area contributed by atoms with Crippen LogP contribution in [-0.2, 0) is 21.3 Å². The summed E-state index contributed by atoms with van der Waals surface area (Å²) >= 11 is 0. The fourth-order valence-electron chi connectivity index (χ4n) is 2.73. The molecule has 0 heterocycles. The van der Waals surface area contributed by atoms with Crippen molar-refractivity contribution in [2.45, 2.75) is 63.6 Å². The van der Waals surface area contributed by atoms with Crippen LogP contribution < -0.4 is 4.74 Å². The first-order chi connectivity index (χ1) is 15.5. The van der Waals surface area contributed by atoms with Crippen LogP contribution in [-0.4, -0.2) is 26.0 Å². The van der Waals surface area contributed by atoms with E-state index in [4.69, 9.17) is 9.57 Å². The number of oxime groups is 1. The van der Waals surface area contributed by atoms with E-state index in [9.17, 15) is 12.8 Å². The second-order valence-electron chi connectivity index (χ2n) is 7.71. The van der Waals surface area contributed by atoms with Crippen molar-refractivity contribution in [1.29, 1.82) is 0 Å². The molecule has 0 fully saturated rings. The zero-order chi connectivity index (χ0) is 24.9. The van der Waals surface area contributed by atoms with Crippen molar-refractivity contribution in [2.75, 3.05) is 6.26 Å². The third-order valence-electron chi connectivity index (χ3n) is 4.29. The monoisotopic (exact) mass is 495 g/mol. The highest BCUT2D eigenvalue weighted by atomic mass is 32.2. The van der Waals surface area contributed by atoms with Crippen LogP contribution in [0.15, 0.2) is 65.2 Å². The number of benzene rings is 2. The molecule has 2 unspecified atom stereocenters. The van der Waals surface area contributed by atoms with E-state index < -0.39 is 15.4 Å². The van der Waals surface area contributed by atoms with E-state index in [1.165, 1.54) is 36.9 Å². The lowest BCUT2D eigenvalue weighted by Crippen LogP contribution is -2.16. The van der Waals surface area contributed by atoms with Crippen LogP contribution in [0.1, 0.15) is 57.6 Å². The Labute approximate surface area is 200 Å². The first-order valence-corrected chi connectivity index (χ1v) is 13.3. The number of rotatable bonds is 11. The summed E-state index contributed by atoms with van der Waals surface area (Å²) in [6.07, 6.45) is 7.25. The van der Waals surface area contributed by atoms with E-state index in [-0.39, 0.29) is 10.6 Å². The van der Waals surface area contributed by atoms with Crippen LogP contribution >= 0.6 is 9.24 Å². The maximum atomic E-state index is 13.0. The highest BCUT2D eigenvalue weighted by Gasteiger charge is 2.17. The van der Waals surface area contributed by atoms with Gasteiger partial charge < -0.3 is 9.57 Å². The molecule has 8 heteroatoms. The number of halogens is 1. The molecule has 0 aliphatic carbocycles. The smallest absolute Gasteiger partial charge is 0.256 e. The lowest BCUT2D eigenvalue weighted by atomic mass is 10.1. The first-order valence-electron chi connectivity index (χ1n) is 10.8. The van der Waals surface area contributed by atoms with Crippen LogP contribution in [0.2, 0.25) is 0 Å². The van der Waals surface area contributed by atoms with Gasteiger partial charge in [0.2, 0.25) is 0 Å². The van der Waals surface area contributed by atoms with E-state index in [0.29, 0.717) is 6.61 Å². The maximum absolute atomic E-state index is 13.0. The van der Waals surface area contributed by atoms with Gasteiger partial charge in [-0.15, -0.1) is 0 Å². The Morgan fingerprint density at radius 2 is 1.64 bits per heavy atom. The van der Waals surface area contributed by atoms with E-state index in [1.807, 2.05) is 39.6 Å². The summed E-state index contributed by atoms with van der Waals surface area (Å²) in [7, 11) is -1.32. The Bertz CT molecular complexity index is 975. The summed E-state index contributed by atoms with van der Waals surface area (Å²) in [4.78, 5) is 5.60. The number of nitrogens with zero attached hydrogens (tertiary/aromatic N) is 1. The molecule has 2 atom stereocenters. The lowest BCUT2D eigenvalue weighted by molar-refractivity contribution is 0.0472. The highest BCUT2D eigenvalue weighted by molar-refractivity contribution is 7.90. The molecule has 0 N–H and O–H groups in total. The topological polar surface area (TPSA) is 65.0 Å². The number of sulfone groups is 1. The maximum Gasteiger partial charge on any atom is 0.256 e. The van der Waals surface area contributed by atoms with Gasteiger partial charge in [-0.05, 0) is 48.2 Å². The summed E-state index contributed by atoms with van der Waals surface area (Å²) in [5.41, 5.74) is 1.58. The predicted octanol–water partition coefficient (Wildman–Crippen LogP) is 6.79. The summed E-state index contributed by atoms with van der Waals surface area (Å²) in [5, 5.41) is 4.24. The minimum atomic E-state index is -3.22. The average molecular weight is 496 g/mol. The molecular weight excluding hydrogens is 460 g/mol. The molecule has 0 saturated carbocycles. The third-order valence-corrected chi connectivity index (χ3v) is 5.53. The first kappa shape index (κ1) is 28.8. The quantitative estimate of drug-likeness (QED) is 0.196. The summed E-state index contributed by atoms with van der Waals surface area (Å²) in [6, 6.07) is 13.7. The minimum absolute atomic E-state index is 0.180. The van der Waals surface area contributed by atoms with E-state index in [0.717, 1.165) is 43.1 Å². The average Bonchev–Trinajstić information content (AvgIpc) is 2.74. The minimum Gasteiger partial charge on any atom is -0.455 e. The Kier molecular flexibility index (Phi) is 12.3. The fraction of sp³-hybridized carbons (Fsp3) is 0.400. The number of hydrogen-bond acceptors (Lipinski definition) is 5. The standard InChI is InChI=1S/C16H23NO.C9H12FO3PS/c1-4-7-16(8-5-2)17-18-13-15-11-9-14(6-3)10-12-15;1-9(10,14)13-7-3-5-8(6-4-7)15(2,11)12/h6,9-12H,3-5,7-8,13H2,1-2H3;3-6H,14H2,1-2H3. The molecule has 0 radical (unpaired) electrons. The summed E-state index contributed by atoms with van der Waals surface area (Å²) in [5.74, 6) is 0.280. The molecule has 2 aromatic carbocycles. The van der Waals surface area contributed by atoms with E-state index in [1.54, 1.807) is 0 Å². The van der Waals surface area contributed by atoms with Crippen LogP contribution in [0.25, 0.3) is 6.08 Å². The molecule has 0 aliphatic heterocycles. The number of alkyl halides is 1. The lowest BCUT2D eigenvalue weighted by Gasteiger charge is -2.16. The van der Waals surface area contributed by atoms with Crippen molar-refractivity contribution >= 4 is 30.9 Å². The molecule has 5 nitrogen and oxygen atoms in total. The Morgan fingerprint density at radius 3 is 2.06 bits per heavy atom. The van der Waals surface area contributed by atoms with Gasteiger partial charge in [-0.3, -0.25) is 0 Å². The highest BCUT2D eigenvalue weighted by Crippen LogP contribution is 2.25. The fourth-order valence-corrected chi connectivity index (χ4v) is 3.49. The second-order valence-corrected chi connectivity index (χ2v) is 10.8. The van der Waals surface area contributed by atoms with Crippen molar-refractivity contribution in [3.63, 3.8) is 0 Å². The second kappa shape index (κ2) is 14.1. The van der Waals surface area contributed by atoms with Gasteiger partial charge in [-0.2, -0.15) is 4.39 Å². The molecular formula is C25H35FNO4PS. The SMILES string of the molecule is C=Cc1ccc(CON=C(CCC)CCC)cc1.CC(F)(P)Oc1ccc(S(C)(=O)=O)cc1. The molecule has 0 spiro atoms. The Morgan fingerprint density at radius 1 is 1.09 bits per heavy atom. The number of hydrogen-bond donors (Lipinski definition) is 0. The van der Waals surface area contributed by atoms with Crippen LogP contribution in [0.5, 0.6) is 5.75 Å². The zero-order valence-corrected chi connectivity index (χ0v) is 21.9.